The van der Waals surface area contributed by atoms with Crippen LogP contribution in [0.5, 0.6) is 5.75 Å². The number of alkyl carbamates (subject to hydrolysis) is 1. The van der Waals surface area contributed by atoms with E-state index in [-0.39, 0.29) is 5.91 Å². The van der Waals surface area contributed by atoms with Gasteiger partial charge in [0.15, 0.2) is 0 Å². The molecule has 0 aliphatic carbocycles. The minimum absolute atomic E-state index is 0.174. The van der Waals surface area contributed by atoms with Crippen molar-refractivity contribution in [3.8, 4) is 17.0 Å². The number of carbonyl (C=O) groups is 2. The second kappa shape index (κ2) is 12.4. The number of hydrogen-bond donors (Lipinski definition) is 3. The van der Waals surface area contributed by atoms with E-state index in [2.05, 4.69) is 30.6 Å². The lowest BCUT2D eigenvalue weighted by Gasteiger charge is -2.38. The topological polar surface area (TPSA) is 152 Å². The van der Waals surface area contributed by atoms with Crippen molar-refractivity contribution in [2.24, 2.45) is 0 Å². The summed E-state index contributed by atoms with van der Waals surface area (Å²) in [7, 11) is 1.57. The van der Waals surface area contributed by atoms with Gasteiger partial charge in [-0.3, -0.25) is 4.79 Å². The van der Waals surface area contributed by atoms with Gasteiger partial charge in [-0.25, -0.2) is 19.3 Å². The van der Waals surface area contributed by atoms with E-state index in [4.69, 9.17) is 26.8 Å². The van der Waals surface area contributed by atoms with Crippen LogP contribution in [0.25, 0.3) is 16.8 Å². The molecule has 4 heterocycles. The van der Waals surface area contributed by atoms with Crippen molar-refractivity contribution in [1.29, 1.82) is 0 Å². The Hall–Kier alpha value is -4.78. The molecular formula is C30H36ClN9O4. The van der Waals surface area contributed by atoms with Gasteiger partial charge in [-0.1, -0.05) is 17.7 Å². The minimum Gasteiger partial charge on any atom is -0.494 e. The van der Waals surface area contributed by atoms with Gasteiger partial charge in [-0.05, 0) is 45.9 Å². The Labute approximate surface area is 260 Å². The van der Waals surface area contributed by atoms with Crippen LogP contribution in [0.2, 0.25) is 5.02 Å². The monoisotopic (exact) mass is 621 g/mol. The van der Waals surface area contributed by atoms with E-state index >= 15 is 0 Å². The number of benzene rings is 1. The number of anilines is 4. The number of rotatable bonds is 7. The number of amides is 2. The highest BCUT2D eigenvalue weighted by Crippen LogP contribution is 2.38. The van der Waals surface area contributed by atoms with Crippen LogP contribution in [0.1, 0.15) is 27.7 Å². The first-order valence-electron chi connectivity index (χ1n) is 14.2. The number of methoxy groups -OCH3 is 1. The van der Waals surface area contributed by atoms with Gasteiger partial charge in [0, 0.05) is 44.0 Å². The Morgan fingerprint density at radius 1 is 1.11 bits per heavy atom. The van der Waals surface area contributed by atoms with E-state index in [1.165, 1.54) is 6.20 Å². The summed E-state index contributed by atoms with van der Waals surface area (Å²) in [6.07, 6.45) is 4.48. The predicted molar refractivity (Wildman–Crippen MR) is 170 cm³/mol. The van der Waals surface area contributed by atoms with Gasteiger partial charge in [0.05, 0.1) is 52.8 Å². The number of aromatic nitrogens is 4. The second-order valence-electron chi connectivity index (χ2n) is 11.4. The second-order valence-corrected chi connectivity index (χ2v) is 11.8. The summed E-state index contributed by atoms with van der Waals surface area (Å²) < 4.78 is 12.7. The zero-order valence-electron chi connectivity index (χ0n) is 25.3. The zero-order chi connectivity index (χ0) is 31.6. The van der Waals surface area contributed by atoms with E-state index in [1.54, 1.807) is 56.5 Å². The summed E-state index contributed by atoms with van der Waals surface area (Å²) in [5, 5.41) is 10.6. The molecule has 2 amide bonds. The summed E-state index contributed by atoms with van der Waals surface area (Å²) in [5.74, 6) is 0.678. The molecule has 4 N–H and O–H groups in total. The molecule has 1 atom stereocenters. The summed E-state index contributed by atoms with van der Waals surface area (Å²) in [6.45, 7) is 8.99. The molecule has 1 fully saturated rings. The molecular weight excluding hydrogens is 586 g/mol. The molecule has 0 spiro atoms. The fraction of sp³-hybridized carbons (Fsp3) is 0.367. The van der Waals surface area contributed by atoms with Gasteiger partial charge in [-0.15, -0.1) is 0 Å². The Morgan fingerprint density at radius 2 is 1.86 bits per heavy atom. The number of nitrogens with zero attached hydrogens (tertiary/aromatic N) is 6. The lowest BCUT2D eigenvalue weighted by Crippen LogP contribution is -2.54. The lowest BCUT2D eigenvalue weighted by molar-refractivity contribution is -0.133. The maximum atomic E-state index is 13.0. The maximum absolute atomic E-state index is 13.0. The van der Waals surface area contributed by atoms with Crippen molar-refractivity contribution in [3.63, 3.8) is 0 Å². The van der Waals surface area contributed by atoms with Crippen LogP contribution < -0.4 is 26.0 Å². The molecule has 1 saturated heterocycles. The number of halogens is 1. The third-order valence-electron chi connectivity index (χ3n) is 7.06. The average molecular weight is 622 g/mol. The van der Waals surface area contributed by atoms with Crippen molar-refractivity contribution in [2.75, 3.05) is 49.2 Å². The van der Waals surface area contributed by atoms with Crippen LogP contribution in [0.3, 0.4) is 0 Å². The molecule has 3 aromatic heterocycles. The van der Waals surface area contributed by atoms with Gasteiger partial charge in [0.2, 0.25) is 11.9 Å². The molecule has 4 aromatic rings. The van der Waals surface area contributed by atoms with Crippen molar-refractivity contribution >= 4 is 52.1 Å². The normalized spacial score (nSPS) is 14.3. The van der Waals surface area contributed by atoms with Gasteiger partial charge in [0.25, 0.3) is 0 Å². The Balaban J connectivity index is 1.27. The molecule has 13 nitrogen and oxygen atoms in total. The zero-order valence-corrected chi connectivity index (χ0v) is 26.1. The van der Waals surface area contributed by atoms with Crippen LogP contribution in [0.15, 0.2) is 48.9 Å². The van der Waals surface area contributed by atoms with Crippen molar-refractivity contribution in [1.82, 2.24) is 29.8 Å². The summed E-state index contributed by atoms with van der Waals surface area (Å²) in [4.78, 5) is 37.9. The van der Waals surface area contributed by atoms with Crippen molar-refractivity contribution in [3.05, 3.63) is 53.9 Å². The SMILES string of the molecule is COc1cc(N2CCN(C(=O)C(C)NC(=O)OC(C)(C)C)CC2)c(N)cc1Nc1ncc(Cl)c(-c2cnn3ccccc23)n1. The first-order valence-corrected chi connectivity index (χ1v) is 14.5. The first kappa shape index (κ1) is 30.7. The molecule has 1 unspecified atom stereocenters. The highest BCUT2D eigenvalue weighted by molar-refractivity contribution is 6.33. The summed E-state index contributed by atoms with van der Waals surface area (Å²) >= 11 is 6.49. The molecule has 14 heteroatoms. The summed E-state index contributed by atoms with van der Waals surface area (Å²) in [6, 6.07) is 8.66. The molecule has 44 heavy (non-hydrogen) atoms. The van der Waals surface area contributed by atoms with Crippen LogP contribution in [0, 0.1) is 0 Å². The van der Waals surface area contributed by atoms with E-state index < -0.39 is 17.7 Å². The van der Waals surface area contributed by atoms with Crippen LogP contribution in [-0.4, -0.2) is 81.4 Å². The number of nitrogens with one attached hydrogen (secondary N) is 2. The average Bonchev–Trinajstić information content (AvgIpc) is 3.41. The fourth-order valence-corrected chi connectivity index (χ4v) is 5.16. The molecule has 232 valence electrons. The molecule has 1 aromatic carbocycles. The van der Waals surface area contributed by atoms with E-state index in [0.717, 1.165) is 16.8 Å². The molecule has 1 aliphatic heterocycles. The Bertz CT molecular complexity index is 1680. The summed E-state index contributed by atoms with van der Waals surface area (Å²) in [5.41, 5.74) is 9.93. The quantitative estimate of drug-likeness (QED) is 0.254. The first-order chi connectivity index (χ1) is 20.9. The number of ether oxygens (including phenoxy) is 2. The van der Waals surface area contributed by atoms with E-state index in [0.29, 0.717) is 60.0 Å². The highest BCUT2D eigenvalue weighted by atomic mass is 35.5. The molecule has 0 saturated carbocycles. The predicted octanol–water partition coefficient (Wildman–Crippen LogP) is 4.34. The number of piperazine rings is 1. The number of nitrogens with two attached hydrogens (primary N) is 1. The molecule has 0 bridgehead atoms. The smallest absolute Gasteiger partial charge is 0.408 e. The number of carbonyl (C=O) groups excluding carboxylic acids is 2. The van der Waals surface area contributed by atoms with Gasteiger partial charge in [0.1, 0.15) is 17.4 Å². The van der Waals surface area contributed by atoms with Crippen molar-refractivity contribution in [2.45, 2.75) is 39.3 Å². The van der Waals surface area contributed by atoms with Crippen LogP contribution in [0.4, 0.5) is 27.8 Å². The Kier molecular flexibility index (Phi) is 8.68. The van der Waals surface area contributed by atoms with Gasteiger partial charge in [-0.2, -0.15) is 5.10 Å². The highest BCUT2D eigenvalue weighted by Gasteiger charge is 2.28. The van der Waals surface area contributed by atoms with Crippen LogP contribution >= 0.6 is 11.6 Å². The number of fused-ring (bicyclic) bond motifs is 1. The van der Waals surface area contributed by atoms with E-state index in [9.17, 15) is 9.59 Å². The minimum atomic E-state index is -0.713. The maximum Gasteiger partial charge on any atom is 0.408 e. The Morgan fingerprint density at radius 3 is 2.57 bits per heavy atom. The van der Waals surface area contributed by atoms with Gasteiger partial charge >= 0.3 is 6.09 Å². The van der Waals surface area contributed by atoms with E-state index in [1.807, 2.05) is 30.5 Å². The lowest BCUT2D eigenvalue weighted by atomic mass is 10.1. The molecule has 1 aliphatic rings. The number of nitrogen functional groups attached to an aromatic ring is 1. The standard InChI is InChI=1S/C30H36ClN9O4/c1-18(35-29(42)44-30(2,3)4)27(41)39-12-10-38(11-13-39)24-15-25(43-5)22(14-21(24)32)36-28-33-17-20(31)26(37-28)19-16-34-40-9-7-6-8-23(19)40/h6-9,14-18H,10-13,32H2,1-5H3,(H,35,42)(H,33,36,37). The van der Waals surface area contributed by atoms with Gasteiger partial charge < -0.3 is 35.6 Å². The van der Waals surface area contributed by atoms with Crippen LogP contribution in [-0.2, 0) is 9.53 Å². The third-order valence-corrected chi connectivity index (χ3v) is 7.33. The van der Waals surface area contributed by atoms with Crippen molar-refractivity contribution < 1.29 is 19.1 Å². The molecule has 5 rings (SSSR count). The number of pyridine rings is 1. The molecule has 0 radical (unpaired) electrons. The number of hydrogen-bond acceptors (Lipinski definition) is 10. The largest absolute Gasteiger partial charge is 0.494 e. The fourth-order valence-electron chi connectivity index (χ4n) is 4.97. The third kappa shape index (κ3) is 6.72.